The fourth-order valence-corrected chi connectivity index (χ4v) is 3.08. The molecule has 106 valence electrons. The van der Waals surface area contributed by atoms with Crippen LogP contribution < -0.4 is 14.8 Å². The van der Waals surface area contributed by atoms with Gasteiger partial charge >= 0.3 is 0 Å². The molecule has 4 nitrogen and oxygen atoms in total. The van der Waals surface area contributed by atoms with Gasteiger partial charge < -0.3 is 4.74 Å². The Kier molecular flexibility index (Phi) is 5.19. The summed E-state index contributed by atoms with van der Waals surface area (Å²) in [5, 5.41) is 0. The largest absolute Gasteiger partial charge is 0.491 e. The first-order chi connectivity index (χ1) is 9.22. The average Bonchev–Trinajstić information content (AvgIpc) is 2.68. The van der Waals surface area contributed by atoms with E-state index in [1.165, 1.54) is 31.4 Å². The summed E-state index contributed by atoms with van der Waals surface area (Å²) in [4.78, 5) is 4.43. The number of halogens is 1. The highest BCUT2D eigenvalue weighted by molar-refractivity contribution is 9.10. The lowest BCUT2D eigenvalue weighted by Crippen LogP contribution is -2.58. The van der Waals surface area contributed by atoms with Crippen LogP contribution in [0, 0.1) is 0 Å². The van der Waals surface area contributed by atoms with Crippen LogP contribution in [-0.4, -0.2) is 31.7 Å². The van der Waals surface area contributed by atoms with E-state index in [4.69, 9.17) is 4.74 Å². The molecule has 0 atom stereocenters. The van der Waals surface area contributed by atoms with Crippen LogP contribution in [0.3, 0.4) is 0 Å². The number of ether oxygens (including phenoxy) is 1. The molecule has 0 radical (unpaired) electrons. The van der Waals surface area contributed by atoms with Gasteiger partial charge in [0.25, 0.3) is 0 Å². The molecular weight excluding hydrogens is 306 g/mol. The average molecular weight is 329 g/mol. The molecule has 1 N–H and O–H groups in total. The maximum Gasteiger partial charge on any atom is 0.174 e. The number of nitrogens with one attached hydrogen (secondary N) is 1. The van der Waals surface area contributed by atoms with Gasteiger partial charge in [-0.2, -0.15) is 5.43 Å². The van der Waals surface area contributed by atoms with Gasteiger partial charge in [0.05, 0.1) is 12.8 Å². The minimum absolute atomic E-state index is 0.656. The second kappa shape index (κ2) is 6.68. The third-order valence-electron chi connectivity index (χ3n) is 3.84. The zero-order valence-corrected chi connectivity index (χ0v) is 13.4. The standard InChI is InChI=1S/C14H23BrN3O/c1-3-19-13-10-12(11-17-14(13)15)18(16-2)8-6-4-5-7-9-18/h10-11,16H,3-9H2,1-2H3/q+1. The number of aromatic nitrogens is 1. The SMILES string of the molecule is CCOc1cc([N+]2(NC)CCCCCC2)cnc1Br. The van der Waals surface area contributed by atoms with Gasteiger partial charge in [0.2, 0.25) is 0 Å². The van der Waals surface area contributed by atoms with Crippen molar-refractivity contribution in [2.45, 2.75) is 32.6 Å². The van der Waals surface area contributed by atoms with Gasteiger partial charge in [0.15, 0.2) is 11.4 Å². The van der Waals surface area contributed by atoms with Crippen molar-refractivity contribution in [1.29, 1.82) is 0 Å². The van der Waals surface area contributed by atoms with Crippen molar-refractivity contribution in [3.63, 3.8) is 0 Å². The summed E-state index contributed by atoms with van der Waals surface area (Å²) < 4.78 is 7.23. The second-order valence-electron chi connectivity index (χ2n) is 4.97. The van der Waals surface area contributed by atoms with E-state index in [0.717, 1.165) is 28.0 Å². The number of hydrogen-bond donors (Lipinski definition) is 1. The first kappa shape index (κ1) is 14.8. The van der Waals surface area contributed by atoms with Crippen LogP contribution in [0.15, 0.2) is 16.9 Å². The zero-order valence-electron chi connectivity index (χ0n) is 11.8. The molecule has 0 bridgehead atoms. The highest BCUT2D eigenvalue weighted by Gasteiger charge is 2.31. The van der Waals surface area contributed by atoms with Crippen molar-refractivity contribution in [2.24, 2.45) is 0 Å². The molecule has 1 aromatic heterocycles. The number of hydrogen-bond acceptors (Lipinski definition) is 3. The molecule has 2 rings (SSSR count). The normalized spacial score (nSPS) is 18.9. The summed E-state index contributed by atoms with van der Waals surface area (Å²) in [7, 11) is 2.04. The molecular formula is C14H23BrN3O+. The van der Waals surface area contributed by atoms with Gasteiger partial charge in [-0.25, -0.2) is 9.58 Å². The van der Waals surface area contributed by atoms with Gasteiger partial charge in [-0.15, -0.1) is 0 Å². The molecule has 1 saturated heterocycles. The molecule has 0 unspecified atom stereocenters. The van der Waals surface area contributed by atoms with Crippen LogP contribution in [0.5, 0.6) is 5.75 Å². The Balaban J connectivity index is 2.33. The van der Waals surface area contributed by atoms with E-state index in [1.807, 2.05) is 20.2 Å². The topological polar surface area (TPSA) is 34.1 Å². The third kappa shape index (κ3) is 3.27. The summed E-state index contributed by atoms with van der Waals surface area (Å²) in [6.45, 7) is 4.88. The number of nitrogens with zero attached hydrogens (tertiary/aromatic N) is 2. The summed E-state index contributed by atoms with van der Waals surface area (Å²) in [5.41, 5.74) is 4.68. The lowest BCUT2D eigenvalue weighted by atomic mass is 10.2. The summed E-state index contributed by atoms with van der Waals surface area (Å²) >= 11 is 3.45. The molecule has 1 aromatic rings. The maximum atomic E-state index is 5.64. The van der Waals surface area contributed by atoms with Crippen molar-refractivity contribution in [3.8, 4) is 5.75 Å². The summed E-state index contributed by atoms with van der Waals surface area (Å²) in [6, 6.07) is 2.11. The molecule has 0 amide bonds. The molecule has 0 aromatic carbocycles. The van der Waals surface area contributed by atoms with Crippen molar-refractivity contribution < 1.29 is 4.74 Å². The first-order valence-corrected chi connectivity index (χ1v) is 7.86. The Labute approximate surface area is 123 Å². The number of pyridine rings is 1. The monoisotopic (exact) mass is 328 g/mol. The Morgan fingerprint density at radius 3 is 2.58 bits per heavy atom. The van der Waals surface area contributed by atoms with E-state index in [-0.39, 0.29) is 0 Å². The van der Waals surface area contributed by atoms with Gasteiger partial charge in [0, 0.05) is 13.1 Å². The van der Waals surface area contributed by atoms with Crippen LogP contribution in [-0.2, 0) is 0 Å². The van der Waals surface area contributed by atoms with Crippen LogP contribution in [0.1, 0.15) is 32.6 Å². The smallest absolute Gasteiger partial charge is 0.174 e. The van der Waals surface area contributed by atoms with Crippen LogP contribution >= 0.6 is 15.9 Å². The van der Waals surface area contributed by atoms with Gasteiger partial charge in [-0.05, 0) is 48.5 Å². The quantitative estimate of drug-likeness (QED) is 0.680. The van der Waals surface area contributed by atoms with Crippen molar-refractivity contribution in [3.05, 3.63) is 16.9 Å². The predicted molar refractivity (Wildman–Crippen MR) is 82.2 cm³/mol. The van der Waals surface area contributed by atoms with E-state index >= 15 is 0 Å². The molecule has 1 aliphatic heterocycles. The van der Waals surface area contributed by atoms with Crippen LogP contribution in [0.2, 0.25) is 0 Å². The van der Waals surface area contributed by atoms with Gasteiger partial charge in [0.1, 0.15) is 17.7 Å². The van der Waals surface area contributed by atoms with E-state index < -0.39 is 0 Å². The first-order valence-electron chi connectivity index (χ1n) is 7.07. The third-order valence-corrected chi connectivity index (χ3v) is 4.44. The minimum atomic E-state index is 0.656. The molecule has 0 aliphatic carbocycles. The van der Waals surface area contributed by atoms with Crippen LogP contribution in [0.25, 0.3) is 0 Å². The maximum absolute atomic E-state index is 5.64. The van der Waals surface area contributed by atoms with E-state index in [9.17, 15) is 0 Å². The van der Waals surface area contributed by atoms with Crippen molar-refractivity contribution >= 4 is 21.6 Å². The fourth-order valence-electron chi connectivity index (χ4n) is 2.75. The summed E-state index contributed by atoms with van der Waals surface area (Å²) in [5.74, 6) is 0.831. The van der Waals surface area contributed by atoms with Crippen molar-refractivity contribution in [1.82, 2.24) is 15.0 Å². The Bertz CT molecular complexity index is 417. The lowest BCUT2D eigenvalue weighted by molar-refractivity contribution is 0.215. The molecule has 1 fully saturated rings. The Morgan fingerprint density at radius 2 is 2.00 bits per heavy atom. The van der Waals surface area contributed by atoms with E-state index in [0.29, 0.717) is 6.61 Å². The Morgan fingerprint density at radius 1 is 1.32 bits per heavy atom. The Hall–Kier alpha value is -0.650. The predicted octanol–water partition coefficient (Wildman–Crippen LogP) is 3.26. The molecule has 0 saturated carbocycles. The fraction of sp³-hybridized carbons (Fsp3) is 0.643. The highest BCUT2D eigenvalue weighted by Crippen LogP contribution is 2.32. The highest BCUT2D eigenvalue weighted by atomic mass is 79.9. The van der Waals surface area contributed by atoms with Crippen LogP contribution in [0.4, 0.5) is 5.69 Å². The molecule has 1 aliphatic rings. The van der Waals surface area contributed by atoms with E-state index in [1.54, 1.807) is 0 Å². The molecule has 2 heterocycles. The lowest BCUT2D eigenvalue weighted by Gasteiger charge is -2.35. The number of rotatable bonds is 4. The molecule has 5 heteroatoms. The zero-order chi connectivity index (χ0) is 13.7. The number of quaternary nitrogens is 1. The molecule has 0 spiro atoms. The summed E-state index contributed by atoms with van der Waals surface area (Å²) in [6.07, 6.45) is 7.10. The van der Waals surface area contributed by atoms with E-state index in [2.05, 4.69) is 32.4 Å². The van der Waals surface area contributed by atoms with Gasteiger partial charge in [-0.1, -0.05) is 0 Å². The minimum Gasteiger partial charge on any atom is -0.491 e. The molecule has 19 heavy (non-hydrogen) atoms. The van der Waals surface area contributed by atoms with Gasteiger partial charge in [-0.3, -0.25) is 0 Å². The second-order valence-corrected chi connectivity index (χ2v) is 5.72. The van der Waals surface area contributed by atoms with Crippen molar-refractivity contribution in [2.75, 3.05) is 26.7 Å².